The monoisotopic (exact) mass is 373 g/mol. The van der Waals surface area contributed by atoms with Crippen LogP contribution in [0.15, 0.2) is 36.4 Å². The molecule has 0 saturated heterocycles. The zero-order chi connectivity index (χ0) is 19.4. The molecule has 27 heavy (non-hydrogen) atoms. The molecule has 7 heteroatoms. The average Bonchev–Trinajstić information content (AvgIpc) is 3.14. The molecule has 0 radical (unpaired) electrons. The number of quaternary nitrogens is 1. The number of carbonyl (C=O) groups is 1. The Morgan fingerprint density at radius 2 is 1.96 bits per heavy atom. The van der Waals surface area contributed by atoms with Crippen molar-refractivity contribution in [3.8, 4) is 23.0 Å². The molecule has 2 aromatic carbocycles. The fourth-order valence-corrected chi connectivity index (χ4v) is 3.00. The van der Waals surface area contributed by atoms with Crippen LogP contribution in [0, 0.1) is 0 Å². The standard InChI is InChI=1S/C20H24N2O5/c1-13(20(23)21-15-8-9-16-18(10-15)27-12-26-16)22(2)11-14-6-5-7-17(24-3)19(14)25-4/h5-10,13H,11-12H2,1-4H3,(H,21,23)/p+1/t13-/m1/s1. The third-order valence-corrected chi connectivity index (χ3v) is 4.73. The molecule has 2 N–H and O–H groups in total. The molecule has 2 aromatic rings. The topological polar surface area (TPSA) is 70.5 Å². The molecule has 1 heterocycles. The molecule has 0 spiro atoms. The smallest absolute Gasteiger partial charge is 0.282 e. The maximum atomic E-state index is 12.7. The first-order chi connectivity index (χ1) is 13.0. The van der Waals surface area contributed by atoms with Gasteiger partial charge in [0.2, 0.25) is 6.79 Å². The third-order valence-electron chi connectivity index (χ3n) is 4.73. The second-order valence-electron chi connectivity index (χ2n) is 6.45. The fourth-order valence-electron chi connectivity index (χ4n) is 3.00. The van der Waals surface area contributed by atoms with Crippen LogP contribution in [-0.2, 0) is 11.3 Å². The molecule has 0 aromatic heterocycles. The highest BCUT2D eigenvalue weighted by atomic mass is 16.7. The van der Waals surface area contributed by atoms with Crippen LogP contribution in [0.1, 0.15) is 12.5 Å². The van der Waals surface area contributed by atoms with Crippen molar-refractivity contribution in [3.05, 3.63) is 42.0 Å². The predicted molar refractivity (Wildman–Crippen MR) is 101 cm³/mol. The molecule has 0 bridgehead atoms. The van der Waals surface area contributed by atoms with E-state index in [0.29, 0.717) is 35.2 Å². The first-order valence-electron chi connectivity index (χ1n) is 8.76. The number of likely N-dealkylation sites (N-methyl/N-ethyl adjacent to an activating group) is 1. The number of anilines is 1. The summed E-state index contributed by atoms with van der Waals surface area (Å²) in [4.78, 5) is 13.7. The molecular weight excluding hydrogens is 348 g/mol. The van der Waals surface area contributed by atoms with Crippen LogP contribution in [0.5, 0.6) is 23.0 Å². The Hall–Kier alpha value is -2.93. The van der Waals surface area contributed by atoms with Gasteiger partial charge in [0.05, 0.1) is 26.8 Å². The number of hydrogen-bond donors (Lipinski definition) is 2. The Kier molecular flexibility index (Phi) is 5.71. The van der Waals surface area contributed by atoms with Crippen LogP contribution in [0.4, 0.5) is 5.69 Å². The number of rotatable bonds is 7. The van der Waals surface area contributed by atoms with Gasteiger partial charge in [0.1, 0.15) is 6.54 Å². The van der Waals surface area contributed by atoms with E-state index in [2.05, 4.69) is 5.32 Å². The lowest BCUT2D eigenvalue weighted by Crippen LogP contribution is -3.12. The minimum absolute atomic E-state index is 0.0757. The van der Waals surface area contributed by atoms with E-state index in [9.17, 15) is 4.79 Å². The van der Waals surface area contributed by atoms with Gasteiger partial charge < -0.3 is 29.2 Å². The molecule has 0 aliphatic carbocycles. The summed E-state index contributed by atoms with van der Waals surface area (Å²) in [6.45, 7) is 2.72. The molecule has 0 fully saturated rings. The lowest BCUT2D eigenvalue weighted by atomic mass is 10.1. The van der Waals surface area contributed by atoms with E-state index in [-0.39, 0.29) is 18.7 Å². The predicted octanol–water partition coefficient (Wildman–Crippen LogP) is 1.47. The average molecular weight is 373 g/mol. The van der Waals surface area contributed by atoms with Crippen molar-refractivity contribution in [2.45, 2.75) is 19.5 Å². The number of methoxy groups -OCH3 is 2. The van der Waals surface area contributed by atoms with Crippen LogP contribution in [-0.4, -0.2) is 40.0 Å². The van der Waals surface area contributed by atoms with Crippen molar-refractivity contribution in [2.75, 3.05) is 33.4 Å². The largest absolute Gasteiger partial charge is 0.493 e. The van der Waals surface area contributed by atoms with E-state index in [0.717, 1.165) is 10.5 Å². The normalized spacial score (nSPS) is 14.4. The number of ether oxygens (including phenoxy) is 4. The number of amides is 1. The van der Waals surface area contributed by atoms with E-state index in [1.165, 1.54) is 0 Å². The van der Waals surface area contributed by atoms with E-state index in [1.807, 2.05) is 32.2 Å². The summed E-state index contributed by atoms with van der Waals surface area (Å²) < 4.78 is 21.5. The van der Waals surface area contributed by atoms with Crippen LogP contribution >= 0.6 is 0 Å². The number of hydrogen-bond acceptors (Lipinski definition) is 5. The van der Waals surface area contributed by atoms with Crippen molar-refractivity contribution in [3.63, 3.8) is 0 Å². The molecular formula is C20H25N2O5+. The molecule has 1 unspecified atom stereocenters. The summed E-state index contributed by atoms with van der Waals surface area (Å²) in [5.74, 6) is 2.63. The Bertz CT molecular complexity index is 824. The van der Waals surface area contributed by atoms with Gasteiger partial charge in [-0.1, -0.05) is 6.07 Å². The maximum Gasteiger partial charge on any atom is 0.282 e. The van der Waals surface area contributed by atoms with Crippen LogP contribution in [0.25, 0.3) is 0 Å². The van der Waals surface area contributed by atoms with Crippen LogP contribution in [0.3, 0.4) is 0 Å². The number of nitrogens with one attached hydrogen (secondary N) is 2. The van der Waals surface area contributed by atoms with Crippen molar-refractivity contribution < 1.29 is 28.6 Å². The van der Waals surface area contributed by atoms with Gasteiger partial charge in [0.15, 0.2) is 29.0 Å². The van der Waals surface area contributed by atoms with Gasteiger partial charge in [0.25, 0.3) is 5.91 Å². The van der Waals surface area contributed by atoms with Crippen LogP contribution < -0.4 is 29.2 Å². The molecule has 144 valence electrons. The highest BCUT2D eigenvalue weighted by Gasteiger charge is 2.24. The van der Waals surface area contributed by atoms with E-state index in [1.54, 1.807) is 32.4 Å². The first kappa shape index (κ1) is 18.8. The van der Waals surface area contributed by atoms with Gasteiger partial charge in [0, 0.05) is 11.8 Å². The van der Waals surface area contributed by atoms with Crippen molar-refractivity contribution in [1.82, 2.24) is 0 Å². The molecule has 0 saturated carbocycles. The highest BCUT2D eigenvalue weighted by molar-refractivity contribution is 5.93. The van der Waals surface area contributed by atoms with Gasteiger partial charge in [-0.2, -0.15) is 0 Å². The minimum atomic E-state index is -0.272. The Balaban J connectivity index is 1.66. The van der Waals surface area contributed by atoms with Gasteiger partial charge in [-0.25, -0.2) is 0 Å². The Morgan fingerprint density at radius 1 is 1.19 bits per heavy atom. The van der Waals surface area contributed by atoms with Gasteiger partial charge in [-0.15, -0.1) is 0 Å². The fraction of sp³-hybridized carbons (Fsp3) is 0.350. The Morgan fingerprint density at radius 3 is 2.70 bits per heavy atom. The van der Waals surface area contributed by atoms with Crippen molar-refractivity contribution in [1.29, 1.82) is 0 Å². The lowest BCUT2D eigenvalue weighted by Gasteiger charge is -2.22. The number of carbonyl (C=O) groups excluding carboxylic acids is 1. The summed E-state index contributed by atoms with van der Waals surface area (Å²) in [6.07, 6.45) is 0. The third kappa shape index (κ3) is 4.09. The number of para-hydroxylation sites is 1. The molecule has 1 amide bonds. The van der Waals surface area contributed by atoms with Gasteiger partial charge in [-0.3, -0.25) is 4.79 Å². The molecule has 1 aliphatic rings. The number of fused-ring (bicyclic) bond motifs is 1. The van der Waals surface area contributed by atoms with Gasteiger partial charge >= 0.3 is 0 Å². The van der Waals surface area contributed by atoms with Crippen molar-refractivity contribution in [2.24, 2.45) is 0 Å². The van der Waals surface area contributed by atoms with Crippen molar-refractivity contribution >= 4 is 11.6 Å². The maximum absolute atomic E-state index is 12.7. The summed E-state index contributed by atoms with van der Waals surface area (Å²) in [6, 6.07) is 10.8. The summed E-state index contributed by atoms with van der Waals surface area (Å²) in [5, 5.41) is 2.94. The molecule has 7 nitrogen and oxygen atoms in total. The van der Waals surface area contributed by atoms with Gasteiger partial charge in [-0.05, 0) is 31.2 Å². The summed E-state index contributed by atoms with van der Waals surface area (Å²) >= 11 is 0. The lowest BCUT2D eigenvalue weighted by molar-refractivity contribution is -0.907. The molecule has 2 atom stereocenters. The quantitative estimate of drug-likeness (QED) is 0.769. The van der Waals surface area contributed by atoms with E-state index >= 15 is 0 Å². The first-order valence-corrected chi connectivity index (χ1v) is 8.76. The molecule has 3 rings (SSSR count). The Labute approximate surface area is 158 Å². The second-order valence-corrected chi connectivity index (χ2v) is 6.45. The van der Waals surface area contributed by atoms with E-state index in [4.69, 9.17) is 18.9 Å². The zero-order valence-corrected chi connectivity index (χ0v) is 16.0. The van der Waals surface area contributed by atoms with E-state index < -0.39 is 0 Å². The minimum Gasteiger partial charge on any atom is -0.493 e. The van der Waals surface area contributed by atoms with Crippen LogP contribution in [0.2, 0.25) is 0 Å². The SMILES string of the molecule is COc1cccc(C[NH+](C)[C@H](C)C(=O)Nc2ccc3c(c2)OCO3)c1OC. The summed E-state index contributed by atoms with van der Waals surface area (Å²) in [5.41, 5.74) is 1.67. The summed E-state index contributed by atoms with van der Waals surface area (Å²) in [7, 11) is 5.20. The highest BCUT2D eigenvalue weighted by Crippen LogP contribution is 2.34. The second kappa shape index (κ2) is 8.18. The number of benzene rings is 2. The molecule has 1 aliphatic heterocycles. The zero-order valence-electron chi connectivity index (χ0n) is 16.0.